The summed E-state index contributed by atoms with van der Waals surface area (Å²) >= 11 is 11.9. The van der Waals surface area contributed by atoms with E-state index in [4.69, 9.17) is 23.2 Å². The normalized spacial score (nSPS) is 12.3. The fourth-order valence-electron chi connectivity index (χ4n) is 3.40. The highest BCUT2D eigenvalue weighted by Crippen LogP contribution is 2.36. The van der Waals surface area contributed by atoms with Gasteiger partial charge in [-0.2, -0.15) is 31.4 Å². The highest BCUT2D eigenvalue weighted by molar-refractivity contribution is 6.42. The topological polar surface area (TPSA) is 77.1 Å². The number of hydrogen-bond acceptors (Lipinski definition) is 3. The predicted molar refractivity (Wildman–Crippen MR) is 110 cm³/mol. The standard InChI is InChI=1S/C20H13Cl2F6N3O3/c1-2-30-10(8-31-15(20(26,27)28)7-14(29-31)19(23,24)25)6-13(32)16(18(33)34)17(30)9-3-4-11(21)12(22)5-9/h3-7H,2,8H2,1H3,(H,33,34). The number of carboxylic acid groups (broad SMARTS) is 1. The zero-order valence-corrected chi connectivity index (χ0v) is 18.4. The SMILES string of the molecule is CCn1c(Cn2nc(C(F)(F)F)cc2C(F)(F)F)cc(=O)c(C(=O)O)c1-c1ccc(Cl)c(Cl)c1. The third-order valence-electron chi connectivity index (χ3n) is 4.79. The van der Waals surface area contributed by atoms with Crippen LogP contribution in [-0.4, -0.2) is 25.4 Å². The van der Waals surface area contributed by atoms with Crippen LogP contribution in [-0.2, 0) is 25.4 Å². The Kier molecular flexibility index (Phi) is 6.78. The molecule has 0 amide bonds. The van der Waals surface area contributed by atoms with Crippen molar-refractivity contribution in [2.24, 2.45) is 0 Å². The lowest BCUT2D eigenvalue weighted by atomic mass is 10.0. The first-order valence-corrected chi connectivity index (χ1v) is 10.1. The Balaban J connectivity index is 2.30. The average molecular weight is 528 g/mol. The minimum atomic E-state index is -5.18. The number of hydrogen-bond donors (Lipinski definition) is 1. The van der Waals surface area contributed by atoms with Gasteiger partial charge in [0.25, 0.3) is 0 Å². The largest absolute Gasteiger partial charge is 0.477 e. The summed E-state index contributed by atoms with van der Waals surface area (Å²) < 4.78 is 80.6. The van der Waals surface area contributed by atoms with Crippen LogP contribution in [0.2, 0.25) is 10.0 Å². The molecule has 14 heteroatoms. The second kappa shape index (κ2) is 8.99. The lowest BCUT2D eigenvalue weighted by Crippen LogP contribution is -2.25. The number of carbonyl (C=O) groups is 1. The highest BCUT2D eigenvalue weighted by Gasteiger charge is 2.42. The van der Waals surface area contributed by atoms with Crippen molar-refractivity contribution in [2.75, 3.05) is 0 Å². The third-order valence-corrected chi connectivity index (χ3v) is 5.53. The van der Waals surface area contributed by atoms with Crippen molar-refractivity contribution in [1.29, 1.82) is 0 Å². The lowest BCUT2D eigenvalue weighted by Gasteiger charge is -2.21. The molecular weight excluding hydrogens is 515 g/mol. The number of nitrogens with zero attached hydrogens (tertiary/aromatic N) is 3. The Morgan fingerprint density at radius 1 is 1.03 bits per heavy atom. The molecule has 1 aromatic carbocycles. The Labute approximate surface area is 196 Å². The lowest BCUT2D eigenvalue weighted by molar-refractivity contribution is -0.144. The van der Waals surface area contributed by atoms with Gasteiger partial charge in [-0.3, -0.25) is 9.48 Å². The van der Waals surface area contributed by atoms with Crippen molar-refractivity contribution in [3.8, 4) is 11.3 Å². The van der Waals surface area contributed by atoms with Crippen LogP contribution in [0.15, 0.2) is 35.1 Å². The van der Waals surface area contributed by atoms with Gasteiger partial charge in [0.2, 0.25) is 0 Å². The zero-order chi connectivity index (χ0) is 25.6. The van der Waals surface area contributed by atoms with Crippen molar-refractivity contribution in [1.82, 2.24) is 14.3 Å². The summed E-state index contributed by atoms with van der Waals surface area (Å²) in [6.07, 6.45) is -10.3. The molecule has 0 aliphatic carbocycles. The van der Waals surface area contributed by atoms with E-state index in [1.165, 1.54) is 29.7 Å². The summed E-state index contributed by atoms with van der Waals surface area (Å²) in [4.78, 5) is 24.5. The van der Waals surface area contributed by atoms with Crippen molar-refractivity contribution < 1.29 is 36.2 Å². The van der Waals surface area contributed by atoms with Crippen molar-refractivity contribution >= 4 is 29.2 Å². The van der Waals surface area contributed by atoms with Crippen molar-refractivity contribution in [2.45, 2.75) is 32.4 Å². The minimum Gasteiger partial charge on any atom is -0.477 e. The van der Waals surface area contributed by atoms with Crippen molar-refractivity contribution in [3.63, 3.8) is 0 Å². The summed E-state index contributed by atoms with van der Waals surface area (Å²) in [6, 6.07) is 4.55. The molecule has 1 N–H and O–H groups in total. The van der Waals surface area contributed by atoms with E-state index in [0.717, 1.165) is 6.07 Å². The van der Waals surface area contributed by atoms with Crippen LogP contribution in [0.25, 0.3) is 11.3 Å². The number of carboxylic acids is 1. The van der Waals surface area contributed by atoms with Gasteiger partial charge in [0, 0.05) is 29.9 Å². The van der Waals surface area contributed by atoms with E-state index in [1.807, 2.05) is 0 Å². The van der Waals surface area contributed by atoms with Crippen LogP contribution in [0, 0.1) is 0 Å². The van der Waals surface area contributed by atoms with Crippen LogP contribution < -0.4 is 5.43 Å². The molecule has 2 aromatic heterocycles. The van der Waals surface area contributed by atoms with Crippen LogP contribution in [0.4, 0.5) is 26.3 Å². The smallest absolute Gasteiger partial charge is 0.435 e. The Bertz CT molecular complexity index is 1330. The fourth-order valence-corrected chi connectivity index (χ4v) is 3.69. The first-order valence-electron chi connectivity index (χ1n) is 9.32. The van der Waals surface area contributed by atoms with Gasteiger partial charge in [-0.15, -0.1) is 0 Å². The monoisotopic (exact) mass is 527 g/mol. The number of aromatic carboxylic acids is 1. The minimum absolute atomic E-state index is 0.0114. The second-order valence-corrected chi connectivity index (χ2v) is 7.78. The molecule has 0 fully saturated rings. The molecule has 0 saturated carbocycles. The van der Waals surface area contributed by atoms with Gasteiger partial charge in [-0.05, 0) is 19.1 Å². The molecule has 0 unspecified atom stereocenters. The maximum Gasteiger partial charge on any atom is 0.435 e. The second-order valence-electron chi connectivity index (χ2n) is 6.97. The number of aromatic nitrogens is 3. The van der Waals surface area contributed by atoms with E-state index in [-0.39, 0.29) is 44.3 Å². The number of rotatable bonds is 5. The van der Waals surface area contributed by atoms with Gasteiger partial charge < -0.3 is 9.67 Å². The molecule has 0 radical (unpaired) electrons. The van der Waals surface area contributed by atoms with Gasteiger partial charge in [-0.1, -0.05) is 29.3 Å². The molecular formula is C20H13Cl2F6N3O3. The molecule has 0 aliphatic heterocycles. The molecule has 0 atom stereocenters. The fraction of sp³-hybridized carbons (Fsp3) is 0.250. The van der Waals surface area contributed by atoms with E-state index in [1.54, 1.807) is 0 Å². The molecule has 0 saturated heterocycles. The number of pyridine rings is 1. The van der Waals surface area contributed by atoms with E-state index in [2.05, 4.69) is 5.10 Å². The molecule has 182 valence electrons. The summed E-state index contributed by atoms with van der Waals surface area (Å²) in [6.45, 7) is 0.554. The van der Waals surface area contributed by atoms with E-state index in [0.29, 0.717) is 0 Å². The summed E-state index contributed by atoms with van der Waals surface area (Å²) in [5, 5.41) is 12.8. The van der Waals surface area contributed by atoms with E-state index in [9.17, 15) is 41.0 Å². The molecule has 6 nitrogen and oxygen atoms in total. The third kappa shape index (κ3) is 4.92. The molecule has 0 aliphatic rings. The van der Waals surface area contributed by atoms with E-state index >= 15 is 0 Å². The maximum absolute atomic E-state index is 13.4. The predicted octanol–water partition coefficient (Wildman–Crippen LogP) is 5.82. The number of alkyl halides is 6. The van der Waals surface area contributed by atoms with Crippen LogP contribution >= 0.6 is 23.2 Å². The Morgan fingerprint density at radius 3 is 2.18 bits per heavy atom. The van der Waals surface area contributed by atoms with Gasteiger partial charge in [0.05, 0.1) is 22.3 Å². The van der Waals surface area contributed by atoms with Crippen molar-refractivity contribution in [3.05, 3.63) is 73.2 Å². The first-order chi connectivity index (χ1) is 15.6. The quantitative estimate of drug-likeness (QED) is 0.424. The van der Waals surface area contributed by atoms with Gasteiger partial charge in [-0.25, -0.2) is 4.79 Å². The molecule has 0 spiro atoms. The first kappa shape index (κ1) is 25.6. The van der Waals surface area contributed by atoms with Crippen LogP contribution in [0.1, 0.15) is 34.4 Å². The summed E-state index contributed by atoms with van der Waals surface area (Å²) in [5.41, 5.74) is -5.51. The molecule has 34 heavy (non-hydrogen) atoms. The van der Waals surface area contributed by atoms with Gasteiger partial charge in [0.1, 0.15) is 11.3 Å². The molecule has 2 heterocycles. The summed E-state index contributed by atoms with van der Waals surface area (Å²) in [7, 11) is 0. The Morgan fingerprint density at radius 2 is 1.68 bits per heavy atom. The molecule has 3 aromatic rings. The summed E-state index contributed by atoms with van der Waals surface area (Å²) in [5.74, 6) is -1.62. The van der Waals surface area contributed by atoms with Gasteiger partial charge >= 0.3 is 18.3 Å². The van der Waals surface area contributed by atoms with Gasteiger partial charge in [0.15, 0.2) is 11.1 Å². The molecule has 0 bridgehead atoms. The van der Waals surface area contributed by atoms with E-state index < -0.39 is 47.2 Å². The zero-order valence-electron chi connectivity index (χ0n) is 16.9. The Hall–Kier alpha value is -2.99. The van der Waals surface area contributed by atoms with Crippen LogP contribution in [0.3, 0.4) is 0 Å². The maximum atomic E-state index is 13.4. The number of halogens is 8. The average Bonchev–Trinajstić information content (AvgIpc) is 3.14. The molecule has 3 rings (SSSR count). The highest BCUT2D eigenvalue weighted by atomic mass is 35.5. The van der Waals surface area contributed by atoms with Crippen LogP contribution in [0.5, 0.6) is 0 Å². The number of benzene rings is 1.